The van der Waals surface area contributed by atoms with Gasteiger partial charge in [0.1, 0.15) is 11.9 Å². The second kappa shape index (κ2) is 4.52. The number of carbonyl (C=O) groups excluding carboxylic acids is 1. The van der Waals surface area contributed by atoms with Crippen molar-refractivity contribution in [2.45, 2.75) is 32.4 Å². The van der Waals surface area contributed by atoms with Crippen molar-refractivity contribution in [2.24, 2.45) is 5.92 Å². The molecule has 1 unspecified atom stereocenters. The Morgan fingerprint density at radius 3 is 2.90 bits per heavy atom. The van der Waals surface area contributed by atoms with E-state index in [0.717, 1.165) is 37.2 Å². The molecular weight excluding hydrogens is 264 g/mol. The van der Waals surface area contributed by atoms with Crippen LogP contribution < -0.4 is 10.1 Å². The monoisotopic (exact) mass is 284 g/mol. The van der Waals surface area contributed by atoms with E-state index in [-0.39, 0.29) is 12.1 Å². The molecule has 21 heavy (non-hydrogen) atoms. The lowest BCUT2D eigenvalue weighted by atomic mass is 9.97. The lowest BCUT2D eigenvalue weighted by Gasteiger charge is -2.32. The molecule has 0 spiro atoms. The van der Waals surface area contributed by atoms with Crippen LogP contribution in [0.25, 0.3) is 6.08 Å². The number of carbonyl (C=O) groups is 1. The number of aryl methyl sites for hydroxylation is 1. The third-order valence-electron chi connectivity index (χ3n) is 4.77. The molecule has 1 aliphatic carbocycles. The molecule has 4 heteroatoms. The number of anilines is 1. The number of amides is 1. The Balaban J connectivity index is 1.72. The minimum atomic E-state index is 0.0151. The summed E-state index contributed by atoms with van der Waals surface area (Å²) in [5.41, 5.74) is 4.76. The maximum absolute atomic E-state index is 12.4. The molecule has 4 nitrogen and oxygen atoms in total. The molecule has 1 aromatic rings. The smallest absolute Gasteiger partial charge is 0.227 e. The molecular formula is C17H20N2O2. The summed E-state index contributed by atoms with van der Waals surface area (Å²) < 4.78 is 5.48. The van der Waals surface area contributed by atoms with Crippen LogP contribution in [0.5, 0.6) is 5.75 Å². The lowest BCUT2D eigenvalue weighted by Crippen LogP contribution is -2.42. The van der Waals surface area contributed by atoms with Crippen molar-refractivity contribution in [1.29, 1.82) is 0 Å². The summed E-state index contributed by atoms with van der Waals surface area (Å²) in [5, 5.41) is 3.54. The van der Waals surface area contributed by atoms with E-state index in [2.05, 4.69) is 24.4 Å². The molecule has 2 fully saturated rings. The SMILES string of the molecule is COc1ccc(C)c2c1NC1C(=C2)CCN1C(=O)C1CC1. The summed E-state index contributed by atoms with van der Waals surface area (Å²) in [4.78, 5) is 14.4. The van der Waals surface area contributed by atoms with Crippen LogP contribution in [0.1, 0.15) is 30.4 Å². The predicted octanol–water partition coefficient (Wildman–Crippen LogP) is 2.78. The minimum Gasteiger partial charge on any atom is -0.495 e. The number of fused-ring (bicyclic) bond motifs is 2. The summed E-state index contributed by atoms with van der Waals surface area (Å²) >= 11 is 0. The first-order chi connectivity index (χ1) is 10.2. The molecule has 1 N–H and O–H groups in total. The zero-order chi connectivity index (χ0) is 14.6. The fourth-order valence-corrected chi connectivity index (χ4v) is 3.37. The Labute approximate surface area is 124 Å². The molecule has 1 saturated carbocycles. The van der Waals surface area contributed by atoms with Crippen molar-refractivity contribution in [3.8, 4) is 5.75 Å². The first-order valence-corrected chi connectivity index (χ1v) is 7.64. The Kier molecular flexibility index (Phi) is 2.74. The third-order valence-corrected chi connectivity index (χ3v) is 4.77. The maximum atomic E-state index is 12.4. The van der Waals surface area contributed by atoms with Crippen molar-refractivity contribution in [3.05, 3.63) is 28.8 Å². The second-order valence-electron chi connectivity index (χ2n) is 6.20. The van der Waals surface area contributed by atoms with Gasteiger partial charge in [0, 0.05) is 18.0 Å². The van der Waals surface area contributed by atoms with Crippen LogP contribution in [0.3, 0.4) is 0 Å². The summed E-state index contributed by atoms with van der Waals surface area (Å²) in [7, 11) is 1.69. The topological polar surface area (TPSA) is 41.6 Å². The molecule has 1 aromatic carbocycles. The van der Waals surface area contributed by atoms with E-state index in [0.29, 0.717) is 5.91 Å². The van der Waals surface area contributed by atoms with Crippen molar-refractivity contribution in [2.75, 3.05) is 19.0 Å². The van der Waals surface area contributed by atoms with Gasteiger partial charge >= 0.3 is 0 Å². The number of nitrogens with zero attached hydrogens (tertiary/aromatic N) is 1. The van der Waals surface area contributed by atoms with Gasteiger partial charge in [-0.15, -0.1) is 0 Å². The summed E-state index contributed by atoms with van der Waals surface area (Å²) in [5.74, 6) is 1.43. The zero-order valence-corrected chi connectivity index (χ0v) is 12.5. The van der Waals surface area contributed by atoms with E-state index in [9.17, 15) is 4.79 Å². The summed E-state index contributed by atoms with van der Waals surface area (Å²) in [6.45, 7) is 2.94. The fraction of sp³-hybridized carbons (Fsp3) is 0.471. The van der Waals surface area contributed by atoms with E-state index in [1.165, 1.54) is 16.7 Å². The highest BCUT2D eigenvalue weighted by Crippen LogP contribution is 2.42. The molecule has 3 aliphatic rings. The van der Waals surface area contributed by atoms with Crippen LogP contribution >= 0.6 is 0 Å². The molecule has 2 heterocycles. The number of nitrogens with one attached hydrogen (secondary N) is 1. The van der Waals surface area contributed by atoms with Crippen LogP contribution in [0.4, 0.5) is 5.69 Å². The van der Waals surface area contributed by atoms with E-state index in [1.54, 1.807) is 7.11 Å². The maximum Gasteiger partial charge on any atom is 0.227 e. The van der Waals surface area contributed by atoms with E-state index < -0.39 is 0 Å². The van der Waals surface area contributed by atoms with Crippen LogP contribution in [0.2, 0.25) is 0 Å². The minimum absolute atomic E-state index is 0.0151. The predicted molar refractivity (Wildman–Crippen MR) is 82.2 cm³/mol. The van der Waals surface area contributed by atoms with E-state index in [1.807, 2.05) is 11.0 Å². The Morgan fingerprint density at radius 2 is 2.19 bits per heavy atom. The number of benzene rings is 1. The van der Waals surface area contributed by atoms with Gasteiger partial charge in [-0.25, -0.2) is 0 Å². The Bertz CT molecular complexity index is 646. The molecule has 0 radical (unpaired) electrons. The van der Waals surface area contributed by atoms with Crippen LogP contribution in [-0.4, -0.2) is 30.6 Å². The number of hydrogen-bond donors (Lipinski definition) is 1. The van der Waals surface area contributed by atoms with E-state index in [4.69, 9.17) is 4.74 Å². The van der Waals surface area contributed by atoms with Crippen molar-refractivity contribution in [3.63, 3.8) is 0 Å². The van der Waals surface area contributed by atoms with Gasteiger partial charge in [-0.2, -0.15) is 0 Å². The van der Waals surface area contributed by atoms with Gasteiger partial charge in [-0.1, -0.05) is 6.07 Å². The molecule has 2 aliphatic heterocycles. The number of hydrogen-bond acceptors (Lipinski definition) is 3. The highest BCUT2D eigenvalue weighted by Gasteiger charge is 2.41. The van der Waals surface area contributed by atoms with Crippen molar-refractivity contribution < 1.29 is 9.53 Å². The fourth-order valence-electron chi connectivity index (χ4n) is 3.37. The van der Waals surface area contributed by atoms with Crippen molar-refractivity contribution >= 4 is 17.7 Å². The summed E-state index contributed by atoms with van der Waals surface area (Å²) in [6.07, 6.45) is 5.34. The highest BCUT2D eigenvalue weighted by molar-refractivity contribution is 5.86. The lowest BCUT2D eigenvalue weighted by molar-refractivity contribution is -0.132. The molecule has 1 amide bonds. The number of likely N-dealkylation sites (tertiary alicyclic amines) is 1. The largest absolute Gasteiger partial charge is 0.495 e. The molecule has 4 rings (SSSR count). The average molecular weight is 284 g/mol. The van der Waals surface area contributed by atoms with Gasteiger partial charge in [0.25, 0.3) is 0 Å². The molecule has 0 aromatic heterocycles. The standard InChI is InChI=1S/C17H20N2O2/c1-10-3-6-14(21-2)15-13(10)9-12-7-8-19(16(12)18-15)17(20)11-4-5-11/h3,6,9,11,16,18H,4-5,7-8H2,1-2H3. The Morgan fingerprint density at radius 1 is 1.38 bits per heavy atom. The molecule has 0 bridgehead atoms. The highest BCUT2D eigenvalue weighted by atomic mass is 16.5. The zero-order valence-electron chi connectivity index (χ0n) is 12.5. The van der Waals surface area contributed by atoms with Crippen LogP contribution in [-0.2, 0) is 4.79 Å². The second-order valence-corrected chi connectivity index (χ2v) is 6.20. The normalized spacial score (nSPS) is 23.0. The summed E-state index contributed by atoms with van der Waals surface area (Å²) in [6, 6.07) is 4.07. The van der Waals surface area contributed by atoms with Gasteiger partial charge in [0.2, 0.25) is 5.91 Å². The molecule has 1 atom stereocenters. The number of rotatable bonds is 2. The van der Waals surface area contributed by atoms with E-state index >= 15 is 0 Å². The van der Waals surface area contributed by atoms with Crippen LogP contribution in [0, 0.1) is 12.8 Å². The van der Waals surface area contributed by atoms with Crippen LogP contribution in [0.15, 0.2) is 17.7 Å². The quantitative estimate of drug-likeness (QED) is 0.908. The van der Waals surface area contributed by atoms with Gasteiger partial charge in [0.05, 0.1) is 12.8 Å². The Hall–Kier alpha value is -1.97. The first-order valence-electron chi connectivity index (χ1n) is 7.64. The molecule has 110 valence electrons. The first kappa shape index (κ1) is 12.7. The molecule has 1 saturated heterocycles. The average Bonchev–Trinajstić information content (AvgIpc) is 3.26. The van der Waals surface area contributed by atoms with Gasteiger partial charge in [-0.3, -0.25) is 4.79 Å². The van der Waals surface area contributed by atoms with Gasteiger partial charge < -0.3 is 15.0 Å². The van der Waals surface area contributed by atoms with Crippen molar-refractivity contribution in [1.82, 2.24) is 4.90 Å². The van der Waals surface area contributed by atoms with Gasteiger partial charge in [-0.05, 0) is 49.5 Å². The number of ether oxygens (including phenoxy) is 1. The number of methoxy groups -OCH3 is 1. The van der Waals surface area contributed by atoms with Gasteiger partial charge in [0.15, 0.2) is 0 Å². The third kappa shape index (κ3) is 1.93.